The summed E-state index contributed by atoms with van der Waals surface area (Å²) in [5.41, 5.74) is 8.83. The van der Waals surface area contributed by atoms with Crippen LogP contribution in [0.25, 0.3) is 0 Å². The van der Waals surface area contributed by atoms with E-state index in [0.717, 1.165) is 12.3 Å². The Hall–Kier alpha value is -0.820. The van der Waals surface area contributed by atoms with E-state index >= 15 is 0 Å². The Morgan fingerprint density at radius 3 is 1.81 bits per heavy atom. The van der Waals surface area contributed by atoms with Crippen LogP contribution < -0.4 is 5.73 Å². The molecule has 1 atom stereocenters. The highest BCUT2D eigenvalue weighted by atomic mass is 14.6. The van der Waals surface area contributed by atoms with Crippen molar-refractivity contribution in [2.24, 2.45) is 11.7 Å². The zero-order chi connectivity index (χ0) is 12.1. The summed E-state index contributed by atoms with van der Waals surface area (Å²) in [6.07, 6.45) is 2.28. The van der Waals surface area contributed by atoms with Crippen molar-refractivity contribution in [2.75, 3.05) is 0 Å². The van der Waals surface area contributed by atoms with Gasteiger partial charge in [0.2, 0.25) is 0 Å². The largest absolute Gasteiger partial charge is 0.324 e. The van der Waals surface area contributed by atoms with E-state index in [0.29, 0.717) is 5.92 Å². The van der Waals surface area contributed by atoms with Crippen molar-refractivity contribution in [3.8, 4) is 0 Å². The van der Waals surface area contributed by atoms with Gasteiger partial charge in [-0.1, -0.05) is 52.0 Å². The lowest BCUT2D eigenvalue weighted by Crippen LogP contribution is -2.11. The molecule has 0 amide bonds. The molecule has 0 aliphatic heterocycles. The smallest absolute Gasteiger partial charge is 0.0294 e. The summed E-state index contributed by atoms with van der Waals surface area (Å²) in [6, 6.07) is 8.97. The van der Waals surface area contributed by atoms with E-state index in [2.05, 4.69) is 52.0 Å². The van der Waals surface area contributed by atoms with Crippen LogP contribution in [0.2, 0.25) is 0 Å². The van der Waals surface area contributed by atoms with Crippen LogP contribution in [0, 0.1) is 5.92 Å². The number of hydrogen-bond acceptors (Lipinski definition) is 1. The summed E-state index contributed by atoms with van der Waals surface area (Å²) < 4.78 is 0. The fraction of sp³-hybridized carbons (Fsp3) is 0.600. The predicted molar refractivity (Wildman–Crippen MR) is 71.5 cm³/mol. The van der Waals surface area contributed by atoms with Crippen molar-refractivity contribution in [2.45, 2.75) is 52.5 Å². The summed E-state index contributed by atoms with van der Waals surface area (Å²) >= 11 is 0. The number of benzene rings is 1. The molecule has 1 rings (SSSR count). The molecule has 0 fully saturated rings. The Labute approximate surface area is 100 Å². The molecule has 16 heavy (non-hydrogen) atoms. The van der Waals surface area contributed by atoms with Gasteiger partial charge in [0.15, 0.2) is 0 Å². The summed E-state index contributed by atoms with van der Waals surface area (Å²) in [5.74, 6) is 1.34. The van der Waals surface area contributed by atoms with Gasteiger partial charge in [0.25, 0.3) is 0 Å². The fourth-order valence-corrected chi connectivity index (χ4v) is 1.81. The summed E-state index contributed by atoms with van der Waals surface area (Å²) in [4.78, 5) is 0. The molecule has 0 saturated heterocycles. The van der Waals surface area contributed by atoms with Gasteiger partial charge in [-0.3, -0.25) is 0 Å². The zero-order valence-electron chi connectivity index (χ0n) is 11.0. The van der Waals surface area contributed by atoms with E-state index in [9.17, 15) is 0 Å². The third-order valence-corrected chi connectivity index (χ3v) is 3.09. The lowest BCUT2D eigenvalue weighted by atomic mass is 9.95. The molecular formula is C15H25N. The third kappa shape index (κ3) is 3.97. The van der Waals surface area contributed by atoms with Crippen molar-refractivity contribution >= 4 is 0 Å². The van der Waals surface area contributed by atoms with Gasteiger partial charge in [0, 0.05) is 6.04 Å². The molecule has 0 aromatic heterocycles. The number of hydrogen-bond donors (Lipinski definition) is 1. The highest BCUT2D eigenvalue weighted by Gasteiger charge is 2.07. The van der Waals surface area contributed by atoms with Gasteiger partial charge < -0.3 is 5.73 Å². The number of rotatable bonds is 5. The Morgan fingerprint density at radius 1 is 0.875 bits per heavy atom. The maximum absolute atomic E-state index is 6.17. The first-order valence-corrected chi connectivity index (χ1v) is 6.36. The van der Waals surface area contributed by atoms with Gasteiger partial charge in [0.05, 0.1) is 0 Å². The van der Waals surface area contributed by atoms with Crippen LogP contribution in [0.1, 0.15) is 63.6 Å². The summed E-state index contributed by atoms with van der Waals surface area (Å²) in [7, 11) is 0. The molecule has 0 radical (unpaired) electrons. The van der Waals surface area contributed by atoms with Crippen molar-refractivity contribution < 1.29 is 0 Å². The average molecular weight is 219 g/mol. The van der Waals surface area contributed by atoms with Crippen LogP contribution in [-0.2, 0) is 0 Å². The van der Waals surface area contributed by atoms with Crippen molar-refractivity contribution in [1.82, 2.24) is 0 Å². The SMILES string of the molecule is CC(C)CC[C@@H](N)c1ccc(C(C)C)cc1. The molecule has 1 heteroatoms. The second-order valence-corrected chi connectivity index (χ2v) is 5.40. The monoisotopic (exact) mass is 219 g/mol. The molecule has 0 spiro atoms. The van der Waals surface area contributed by atoms with Crippen LogP contribution in [-0.4, -0.2) is 0 Å². The standard InChI is InChI=1S/C15H25N/c1-11(2)5-10-15(16)14-8-6-13(7-9-14)12(3)4/h6-9,11-12,15H,5,10,16H2,1-4H3/t15-/m1/s1. The molecule has 0 saturated carbocycles. The topological polar surface area (TPSA) is 26.0 Å². The molecule has 1 aromatic carbocycles. The van der Waals surface area contributed by atoms with Crippen molar-refractivity contribution in [3.63, 3.8) is 0 Å². The second-order valence-electron chi connectivity index (χ2n) is 5.40. The molecule has 1 nitrogen and oxygen atoms in total. The molecule has 0 aliphatic rings. The molecule has 2 N–H and O–H groups in total. The van der Waals surface area contributed by atoms with Gasteiger partial charge in [-0.05, 0) is 35.8 Å². The second kappa shape index (κ2) is 6.05. The van der Waals surface area contributed by atoms with E-state index in [1.165, 1.54) is 17.5 Å². The Bertz CT molecular complexity index is 298. The minimum atomic E-state index is 0.198. The maximum atomic E-state index is 6.17. The lowest BCUT2D eigenvalue weighted by Gasteiger charge is -2.14. The van der Waals surface area contributed by atoms with Gasteiger partial charge in [-0.2, -0.15) is 0 Å². The van der Waals surface area contributed by atoms with E-state index < -0.39 is 0 Å². The van der Waals surface area contributed by atoms with Crippen LogP contribution in [0.5, 0.6) is 0 Å². The van der Waals surface area contributed by atoms with Crippen molar-refractivity contribution in [1.29, 1.82) is 0 Å². The molecule has 0 unspecified atom stereocenters. The third-order valence-electron chi connectivity index (χ3n) is 3.09. The molecule has 0 aliphatic carbocycles. The molecule has 0 bridgehead atoms. The number of nitrogens with two attached hydrogens (primary N) is 1. The highest BCUT2D eigenvalue weighted by molar-refractivity contribution is 5.26. The van der Waals surface area contributed by atoms with Gasteiger partial charge in [-0.15, -0.1) is 0 Å². The first-order chi connectivity index (χ1) is 7.50. The van der Waals surface area contributed by atoms with Gasteiger partial charge in [-0.25, -0.2) is 0 Å². The Morgan fingerprint density at radius 2 is 1.38 bits per heavy atom. The lowest BCUT2D eigenvalue weighted by molar-refractivity contribution is 0.507. The van der Waals surface area contributed by atoms with E-state index in [1.807, 2.05) is 0 Å². The summed E-state index contributed by atoms with van der Waals surface area (Å²) in [6.45, 7) is 8.92. The van der Waals surface area contributed by atoms with Gasteiger partial charge in [0.1, 0.15) is 0 Å². The first kappa shape index (κ1) is 13.2. The van der Waals surface area contributed by atoms with Crippen LogP contribution >= 0.6 is 0 Å². The normalized spacial score (nSPS) is 13.4. The van der Waals surface area contributed by atoms with Crippen molar-refractivity contribution in [3.05, 3.63) is 35.4 Å². The minimum Gasteiger partial charge on any atom is -0.324 e. The van der Waals surface area contributed by atoms with Crippen LogP contribution in [0.15, 0.2) is 24.3 Å². The maximum Gasteiger partial charge on any atom is 0.0294 e. The van der Waals surface area contributed by atoms with E-state index in [1.54, 1.807) is 0 Å². The zero-order valence-corrected chi connectivity index (χ0v) is 11.0. The summed E-state index contributed by atoms with van der Waals surface area (Å²) in [5, 5.41) is 0. The van der Waals surface area contributed by atoms with E-state index in [4.69, 9.17) is 5.73 Å². The quantitative estimate of drug-likeness (QED) is 0.787. The molecule has 1 aromatic rings. The van der Waals surface area contributed by atoms with Gasteiger partial charge >= 0.3 is 0 Å². The average Bonchev–Trinajstić information content (AvgIpc) is 2.26. The predicted octanol–water partition coefficient (Wildman–Crippen LogP) is 4.25. The molecule has 0 heterocycles. The Kier molecular flexibility index (Phi) is 5.01. The highest BCUT2D eigenvalue weighted by Crippen LogP contribution is 2.21. The Balaban J connectivity index is 2.59. The molecular weight excluding hydrogens is 194 g/mol. The minimum absolute atomic E-state index is 0.198. The fourth-order valence-electron chi connectivity index (χ4n) is 1.81. The van der Waals surface area contributed by atoms with E-state index in [-0.39, 0.29) is 6.04 Å². The van der Waals surface area contributed by atoms with Crippen LogP contribution in [0.4, 0.5) is 0 Å². The van der Waals surface area contributed by atoms with Crippen LogP contribution in [0.3, 0.4) is 0 Å². The molecule has 90 valence electrons. The first-order valence-electron chi connectivity index (χ1n) is 6.36.